The molecular weight excluding hydrogens is 434 g/mol. The molecule has 166 valence electrons. The molecule has 4 heterocycles. The van der Waals surface area contributed by atoms with Gasteiger partial charge in [-0.25, -0.2) is 9.78 Å². The van der Waals surface area contributed by atoms with E-state index in [0.717, 1.165) is 27.3 Å². The number of amides is 1. The summed E-state index contributed by atoms with van der Waals surface area (Å²) in [7, 11) is 3.63. The quantitative estimate of drug-likeness (QED) is 0.438. The number of hydrogen-bond donors (Lipinski definition) is 0. The number of likely N-dealkylation sites (N-methyl/N-ethyl adjacent to an activating group) is 2. The molecule has 0 aliphatic carbocycles. The Bertz CT molecular complexity index is 1310. The van der Waals surface area contributed by atoms with Crippen LogP contribution in [0.4, 0.5) is 17.3 Å². The fourth-order valence-corrected chi connectivity index (χ4v) is 5.27. The van der Waals surface area contributed by atoms with Gasteiger partial charge in [-0.05, 0) is 48.6 Å². The van der Waals surface area contributed by atoms with Crippen LogP contribution in [-0.4, -0.2) is 48.2 Å². The third-order valence-corrected chi connectivity index (χ3v) is 7.24. The van der Waals surface area contributed by atoms with Crippen LogP contribution in [-0.2, 0) is 9.59 Å². The summed E-state index contributed by atoms with van der Waals surface area (Å²) < 4.78 is 0. The molecule has 8 heteroatoms. The fourth-order valence-electron chi connectivity index (χ4n) is 4.64. The normalized spacial score (nSPS) is 19.5. The molecule has 5 rings (SSSR count). The van der Waals surface area contributed by atoms with Gasteiger partial charge in [0.1, 0.15) is 17.6 Å². The minimum absolute atomic E-state index is 0.0134. The Labute approximate surface area is 196 Å². The van der Waals surface area contributed by atoms with Gasteiger partial charge in [0.2, 0.25) is 5.91 Å². The molecule has 2 aromatic heterocycles. The number of fused-ring (bicyclic) bond motifs is 2. The molecule has 3 aromatic rings. The van der Waals surface area contributed by atoms with E-state index in [0.29, 0.717) is 17.3 Å². The van der Waals surface area contributed by atoms with Crippen LogP contribution in [0.1, 0.15) is 29.7 Å². The maximum atomic E-state index is 12.6. The second-order valence-electron chi connectivity index (χ2n) is 8.13. The van der Waals surface area contributed by atoms with Gasteiger partial charge in [0.25, 0.3) is 0 Å². The van der Waals surface area contributed by atoms with Crippen LogP contribution in [0.15, 0.2) is 59.8 Å². The number of aromatic nitrogens is 2. The second kappa shape index (κ2) is 8.06. The van der Waals surface area contributed by atoms with Crippen LogP contribution in [0.3, 0.4) is 0 Å². The van der Waals surface area contributed by atoms with E-state index in [1.807, 2.05) is 78.7 Å². The van der Waals surface area contributed by atoms with E-state index in [2.05, 4.69) is 10.9 Å². The molecule has 0 spiro atoms. The Morgan fingerprint density at radius 3 is 2.61 bits per heavy atom. The van der Waals surface area contributed by atoms with Gasteiger partial charge < -0.3 is 14.7 Å². The minimum atomic E-state index is -0.334. The SMILES string of the molecule is CSc1cccc2c1C(=C=O)N(c1ccc3c(n1)N(C)[C@H](C)C(=O)N3C)C2c1cccnc1. The predicted octanol–water partition coefficient (Wildman–Crippen LogP) is 3.78. The number of carbonyl (C=O) groups is 1. The van der Waals surface area contributed by atoms with Crippen molar-refractivity contribution in [2.24, 2.45) is 0 Å². The van der Waals surface area contributed by atoms with E-state index in [1.54, 1.807) is 29.9 Å². The first-order valence-corrected chi connectivity index (χ1v) is 11.8. The standard InChI is InChI=1S/C25H23N5O2S/c1-15-25(32)29(3)18-10-11-21(27-24(18)28(15)2)30-19(14-31)22-17(8-5-9-20(22)33-4)23(30)16-7-6-12-26-13-16/h5-13,15,23H,1-4H3/t15-,23?/m1/s1. The van der Waals surface area contributed by atoms with Gasteiger partial charge in [-0.1, -0.05) is 18.2 Å². The average Bonchev–Trinajstić information content (AvgIpc) is 3.20. The Morgan fingerprint density at radius 2 is 1.91 bits per heavy atom. The lowest BCUT2D eigenvalue weighted by Gasteiger charge is -2.37. The highest BCUT2D eigenvalue weighted by atomic mass is 32.2. The Hall–Kier alpha value is -3.61. The van der Waals surface area contributed by atoms with E-state index in [4.69, 9.17) is 4.98 Å². The molecule has 0 saturated carbocycles. The summed E-state index contributed by atoms with van der Waals surface area (Å²) in [6.45, 7) is 1.86. The van der Waals surface area contributed by atoms with Gasteiger partial charge in [0.05, 0.1) is 11.7 Å². The number of hydrogen-bond acceptors (Lipinski definition) is 7. The van der Waals surface area contributed by atoms with Crippen molar-refractivity contribution in [1.82, 2.24) is 9.97 Å². The van der Waals surface area contributed by atoms with Crippen molar-refractivity contribution in [3.63, 3.8) is 0 Å². The average molecular weight is 458 g/mol. The van der Waals surface area contributed by atoms with Crippen molar-refractivity contribution in [3.8, 4) is 0 Å². The predicted molar refractivity (Wildman–Crippen MR) is 131 cm³/mol. The topological polar surface area (TPSA) is 69.6 Å². The van der Waals surface area contributed by atoms with E-state index in [1.165, 1.54) is 0 Å². The molecule has 0 N–H and O–H groups in total. The number of nitrogens with zero attached hydrogens (tertiary/aromatic N) is 5. The maximum Gasteiger partial charge on any atom is 0.249 e. The lowest BCUT2D eigenvalue weighted by molar-refractivity contribution is -0.119. The highest BCUT2D eigenvalue weighted by Crippen LogP contribution is 2.49. The molecule has 0 saturated heterocycles. The van der Waals surface area contributed by atoms with Gasteiger partial charge in [0, 0.05) is 36.9 Å². The molecule has 2 atom stereocenters. The van der Waals surface area contributed by atoms with E-state index in [-0.39, 0.29) is 18.0 Å². The van der Waals surface area contributed by atoms with Gasteiger partial charge >= 0.3 is 0 Å². The van der Waals surface area contributed by atoms with E-state index in [9.17, 15) is 9.59 Å². The van der Waals surface area contributed by atoms with Crippen LogP contribution < -0.4 is 14.7 Å². The first-order valence-electron chi connectivity index (χ1n) is 10.6. The van der Waals surface area contributed by atoms with Crippen LogP contribution in [0, 0.1) is 0 Å². The monoisotopic (exact) mass is 457 g/mol. The number of rotatable bonds is 3. The highest BCUT2D eigenvalue weighted by Gasteiger charge is 2.40. The molecule has 1 amide bonds. The number of pyridine rings is 2. The van der Waals surface area contributed by atoms with Crippen molar-refractivity contribution < 1.29 is 9.59 Å². The Kier molecular flexibility index (Phi) is 5.19. The number of benzene rings is 1. The first-order chi connectivity index (χ1) is 16.0. The van der Waals surface area contributed by atoms with E-state index >= 15 is 0 Å². The van der Waals surface area contributed by atoms with Crippen LogP contribution in [0.25, 0.3) is 5.70 Å². The fraction of sp³-hybridized carbons (Fsp3) is 0.240. The zero-order chi connectivity index (χ0) is 23.3. The third-order valence-electron chi connectivity index (χ3n) is 6.46. The summed E-state index contributed by atoms with van der Waals surface area (Å²) in [5.74, 6) is 3.52. The van der Waals surface area contributed by atoms with Gasteiger partial charge in [-0.2, -0.15) is 0 Å². The first kappa shape index (κ1) is 21.2. The zero-order valence-corrected chi connectivity index (χ0v) is 19.6. The van der Waals surface area contributed by atoms with Crippen molar-refractivity contribution in [2.45, 2.75) is 23.9 Å². The molecule has 7 nitrogen and oxygen atoms in total. The van der Waals surface area contributed by atoms with Crippen LogP contribution in [0.5, 0.6) is 0 Å². The summed E-state index contributed by atoms with van der Waals surface area (Å²) >= 11 is 1.60. The summed E-state index contributed by atoms with van der Waals surface area (Å²) in [5.41, 5.74) is 4.03. The number of anilines is 3. The van der Waals surface area contributed by atoms with Gasteiger partial charge in [-0.15, -0.1) is 11.8 Å². The number of carbonyl (C=O) groups excluding carboxylic acids is 2. The highest BCUT2D eigenvalue weighted by molar-refractivity contribution is 7.98. The lowest BCUT2D eigenvalue weighted by atomic mass is 9.99. The van der Waals surface area contributed by atoms with Gasteiger partial charge in [0.15, 0.2) is 11.8 Å². The van der Waals surface area contributed by atoms with Crippen molar-refractivity contribution in [3.05, 3.63) is 71.5 Å². The summed E-state index contributed by atoms with van der Waals surface area (Å²) in [5, 5.41) is 0. The maximum absolute atomic E-state index is 12.6. The summed E-state index contributed by atoms with van der Waals surface area (Å²) in [6, 6.07) is 13.1. The molecular formula is C25H23N5O2S. The molecule has 0 radical (unpaired) electrons. The van der Waals surface area contributed by atoms with Crippen LogP contribution in [0.2, 0.25) is 0 Å². The second-order valence-corrected chi connectivity index (χ2v) is 8.98. The van der Waals surface area contributed by atoms with Crippen molar-refractivity contribution >= 4 is 46.6 Å². The summed E-state index contributed by atoms with van der Waals surface area (Å²) in [4.78, 5) is 40.7. The molecule has 2 aliphatic rings. The molecule has 1 unspecified atom stereocenters. The Morgan fingerprint density at radius 1 is 1.09 bits per heavy atom. The summed E-state index contributed by atoms with van der Waals surface area (Å²) in [6.07, 6.45) is 5.55. The molecule has 0 bridgehead atoms. The molecule has 2 aliphatic heterocycles. The van der Waals surface area contributed by atoms with Crippen LogP contribution >= 0.6 is 11.8 Å². The Balaban J connectivity index is 1.73. The molecule has 1 aromatic carbocycles. The van der Waals surface area contributed by atoms with Crippen molar-refractivity contribution in [1.29, 1.82) is 0 Å². The largest absolute Gasteiger partial charge is 0.346 e. The molecule has 0 fully saturated rings. The van der Waals surface area contributed by atoms with Crippen molar-refractivity contribution in [2.75, 3.05) is 35.1 Å². The smallest absolute Gasteiger partial charge is 0.249 e. The third kappa shape index (κ3) is 3.14. The van der Waals surface area contributed by atoms with Gasteiger partial charge in [-0.3, -0.25) is 9.78 Å². The zero-order valence-electron chi connectivity index (χ0n) is 18.8. The lowest BCUT2D eigenvalue weighted by Crippen LogP contribution is -2.49. The van der Waals surface area contributed by atoms with E-state index < -0.39 is 0 Å². The minimum Gasteiger partial charge on any atom is -0.346 e. The number of thioether (sulfide) groups is 1. The molecule has 33 heavy (non-hydrogen) atoms.